The fourth-order valence-corrected chi connectivity index (χ4v) is 3.43. The van der Waals surface area contributed by atoms with Crippen LogP contribution in [0.5, 0.6) is 0 Å². The number of carbonyl (C=O) groups is 1. The van der Waals surface area contributed by atoms with E-state index >= 15 is 0 Å². The summed E-state index contributed by atoms with van der Waals surface area (Å²) in [6.45, 7) is 1.08. The molecule has 25 heavy (non-hydrogen) atoms. The second-order valence-corrected chi connectivity index (χ2v) is 6.55. The number of allylic oxidation sites excluding steroid dienone is 1. The molecule has 0 saturated heterocycles. The van der Waals surface area contributed by atoms with Crippen molar-refractivity contribution in [2.45, 2.75) is 13.0 Å². The number of nitrogens with zero attached hydrogens (tertiary/aromatic N) is 2. The summed E-state index contributed by atoms with van der Waals surface area (Å²) in [6, 6.07) is 11.1. The normalized spacial score (nSPS) is 13.3. The molecule has 0 atom stereocenters. The second-order valence-electron chi connectivity index (χ2n) is 5.73. The lowest BCUT2D eigenvalue weighted by molar-refractivity contribution is 0.0781. The van der Waals surface area contributed by atoms with Crippen molar-refractivity contribution in [2.24, 2.45) is 0 Å². The van der Waals surface area contributed by atoms with Crippen LogP contribution in [0.15, 0.2) is 42.5 Å². The summed E-state index contributed by atoms with van der Waals surface area (Å²) in [5.74, 6) is -0.00477. The van der Waals surface area contributed by atoms with E-state index in [1.807, 2.05) is 24.3 Å². The number of nitrogen functional groups attached to an aromatic ring is 1. The molecule has 1 aliphatic heterocycles. The van der Waals surface area contributed by atoms with Crippen LogP contribution in [0.1, 0.15) is 22.3 Å². The van der Waals surface area contributed by atoms with E-state index in [0.717, 1.165) is 16.7 Å². The van der Waals surface area contributed by atoms with Gasteiger partial charge in [0.25, 0.3) is 5.91 Å². The number of benzene rings is 2. The number of amides is 1. The van der Waals surface area contributed by atoms with Crippen molar-refractivity contribution < 1.29 is 4.79 Å². The van der Waals surface area contributed by atoms with Crippen LogP contribution in [0.4, 0.5) is 5.69 Å². The first-order valence-electron chi connectivity index (χ1n) is 7.73. The SMILES string of the molecule is N#C/C=C/CCN1Cc2c(cccc2-c2cc(Cl)c(N)c(Cl)c2)C1=O. The van der Waals surface area contributed by atoms with Gasteiger partial charge in [-0.3, -0.25) is 4.79 Å². The lowest BCUT2D eigenvalue weighted by Gasteiger charge is -2.14. The number of carbonyl (C=O) groups excluding carboxylic acids is 1. The summed E-state index contributed by atoms with van der Waals surface area (Å²) in [4.78, 5) is 14.4. The Kier molecular flexibility index (Phi) is 4.98. The third kappa shape index (κ3) is 3.34. The molecular weight excluding hydrogens is 357 g/mol. The van der Waals surface area contributed by atoms with Crippen molar-refractivity contribution in [1.29, 1.82) is 5.26 Å². The lowest BCUT2D eigenvalue weighted by atomic mass is 9.97. The van der Waals surface area contributed by atoms with Gasteiger partial charge in [0, 0.05) is 24.7 Å². The van der Waals surface area contributed by atoms with Crippen LogP contribution in [0, 0.1) is 11.3 Å². The van der Waals surface area contributed by atoms with Crippen molar-refractivity contribution in [3.63, 3.8) is 0 Å². The molecule has 2 aromatic rings. The van der Waals surface area contributed by atoms with Gasteiger partial charge in [-0.1, -0.05) is 41.4 Å². The summed E-state index contributed by atoms with van der Waals surface area (Å²) in [6.07, 6.45) is 3.83. The van der Waals surface area contributed by atoms with Gasteiger partial charge in [-0.2, -0.15) is 5.26 Å². The topological polar surface area (TPSA) is 70.1 Å². The second kappa shape index (κ2) is 7.18. The Bertz CT molecular complexity index is 892. The van der Waals surface area contributed by atoms with Gasteiger partial charge >= 0.3 is 0 Å². The quantitative estimate of drug-likeness (QED) is 0.626. The maximum atomic E-state index is 12.6. The van der Waals surface area contributed by atoms with E-state index in [2.05, 4.69) is 0 Å². The zero-order chi connectivity index (χ0) is 18.0. The maximum absolute atomic E-state index is 12.6. The zero-order valence-electron chi connectivity index (χ0n) is 13.3. The largest absolute Gasteiger partial charge is 0.396 e. The summed E-state index contributed by atoms with van der Waals surface area (Å²) in [5.41, 5.74) is 9.55. The first-order chi connectivity index (χ1) is 12.0. The van der Waals surface area contributed by atoms with Crippen molar-refractivity contribution in [3.05, 3.63) is 63.7 Å². The van der Waals surface area contributed by atoms with Crippen LogP contribution in [0.25, 0.3) is 11.1 Å². The van der Waals surface area contributed by atoms with E-state index < -0.39 is 0 Å². The van der Waals surface area contributed by atoms with Gasteiger partial charge in [0.15, 0.2) is 0 Å². The maximum Gasteiger partial charge on any atom is 0.254 e. The molecule has 0 unspecified atom stereocenters. The first-order valence-corrected chi connectivity index (χ1v) is 8.49. The van der Waals surface area contributed by atoms with Crippen molar-refractivity contribution in [2.75, 3.05) is 12.3 Å². The molecule has 0 aromatic heterocycles. The monoisotopic (exact) mass is 371 g/mol. The highest BCUT2D eigenvalue weighted by Crippen LogP contribution is 2.37. The predicted octanol–water partition coefficient (Wildman–Crippen LogP) is 4.67. The summed E-state index contributed by atoms with van der Waals surface area (Å²) in [5, 5.41) is 9.31. The standard InChI is InChI=1S/C19H15Cl2N3O/c20-16-9-12(10-17(21)18(16)23)13-5-4-6-14-15(13)11-24(19(14)25)8-3-1-2-7-22/h1-2,4-6,9-10H,3,8,11,23H2/b2-1+. The first kappa shape index (κ1) is 17.3. The molecule has 6 heteroatoms. The number of hydrogen-bond donors (Lipinski definition) is 1. The smallest absolute Gasteiger partial charge is 0.254 e. The van der Waals surface area contributed by atoms with Gasteiger partial charge in [0.05, 0.1) is 21.8 Å². The van der Waals surface area contributed by atoms with Crippen LogP contribution in [-0.2, 0) is 6.54 Å². The fourth-order valence-electron chi connectivity index (χ4n) is 2.95. The van der Waals surface area contributed by atoms with Gasteiger partial charge in [0.2, 0.25) is 0 Å². The Morgan fingerprint density at radius 2 is 1.92 bits per heavy atom. The van der Waals surface area contributed by atoms with E-state index in [1.165, 1.54) is 6.08 Å². The third-order valence-corrected chi connectivity index (χ3v) is 4.82. The summed E-state index contributed by atoms with van der Waals surface area (Å²) < 4.78 is 0. The number of nitriles is 1. The molecule has 2 N–H and O–H groups in total. The minimum absolute atomic E-state index is 0.00477. The number of anilines is 1. The number of nitrogens with two attached hydrogens (primary N) is 1. The Balaban J connectivity index is 1.94. The molecule has 0 radical (unpaired) electrons. The Hall–Kier alpha value is -2.48. The third-order valence-electron chi connectivity index (χ3n) is 4.19. The molecule has 1 amide bonds. The number of hydrogen-bond acceptors (Lipinski definition) is 3. The van der Waals surface area contributed by atoms with Crippen LogP contribution < -0.4 is 5.73 Å². The number of rotatable bonds is 4. The molecule has 2 aromatic carbocycles. The highest BCUT2D eigenvalue weighted by Gasteiger charge is 2.29. The summed E-state index contributed by atoms with van der Waals surface area (Å²) >= 11 is 12.3. The van der Waals surface area contributed by atoms with Gasteiger partial charge in [-0.15, -0.1) is 0 Å². The minimum Gasteiger partial charge on any atom is -0.396 e. The molecule has 4 nitrogen and oxygen atoms in total. The van der Waals surface area contributed by atoms with Crippen LogP contribution >= 0.6 is 23.2 Å². The Morgan fingerprint density at radius 1 is 1.24 bits per heavy atom. The molecule has 0 aliphatic carbocycles. The van der Waals surface area contributed by atoms with Gasteiger partial charge in [0.1, 0.15) is 0 Å². The summed E-state index contributed by atoms with van der Waals surface area (Å²) in [7, 11) is 0. The molecule has 3 rings (SSSR count). The molecular formula is C19H15Cl2N3O. The Labute approximate surface area is 156 Å². The highest BCUT2D eigenvalue weighted by atomic mass is 35.5. The fraction of sp³-hybridized carbons (Fsp3) is 0.158. The van der Waals surface area contributed by atoms with E-state index in [4.69, 9.17) is 34.2 Å². The van der Waals surface area contributed by atoms with Crippen LogP contribution in [-0.4, -0.2) is 17.4 Å². The highest BCUT2D eigenvalue weighted by molar-refractivity contribution is 6.39. The van der Waals surface area contributed by atoms with E-state index in [0.29, 0.717) is 40.8 Å². The van der Waals surface area contributed by atoms with E-state index in [1.54, 1.807) is 23.1 Å². The van der Waals surface area contributed by atoms with Crippen LogP contribution in [0.3, 0.4) is 0 Å². The van der Waals surface area contributed by atoms with Gasteiger partial charge in [-0.05, 0) is 41.3 Å². The molecule has 0 fully saturated rings. The molecule has 0 bridgehead atoms. The molecule has 1 aliphatic rings. The van der Waals surface area contributed by atoms with Crippen molar-refractivity contribution in [1.82, 2.24) is 4.90 Å². The average Bonchev–Trinajstić information content (AvgIpc) is 2.92. The zero-order valence-corrected chi connectivity index (χ0v) is 14.8. The molecule has 0 saturated carbocycles. The van der Waals surface area contributed by atoms with Gasteiger partial charge in [-0.25, -0.2) is 0 Å². The van der Waals surface area contributed by atoms with E-state index in [-0.39, 0.29) is 5.91 Å². The van der Waals surface area contributed by atoms with E-state index in [9.17, 15) is 4.79 Å². The Morgan fingerprint density at radius 3 is 2.60 bits per heavy atom. The lowest BCUT2D eigenvalue weighted by Crippen LogP contribution is -2.24. The predicted molar refractivity (Wildman–Crippen MR) is 100 cm³/mol. The van der Waals surface area contributed by atoms with Crippen LogP contribution in [0.2, 0.25) is 10.0 Å². The number of halogens is 2. The van der Waals surface area contributed by atoms with Crippen molar-refractivity contribution in [3.8, 4) is 17.2 Å². The average molecular weight is 372 g/mol. The molecule has 1 heterocycles. The molecule has 126 valence electrons. The number of fused-ring (bicyclic) bond motifs is 1. The minimum atomic E-state index is -0.00477. The van der Waals surface area contributed by atoms with Gasteiger partial charge < -0.3 is 10.6 Å². The molecule has 0 spiro atoms. The van der Waals surface area contributed by atoms with Crippen molar-refractivity contribution >= 4 is 34.8 Å².